The average Bonchev–Trinajstić information content (AvgIpc) is 3.46. The smallest absolute Gasteiger partial charge is 0.230 e. The standard InChI is InChI=1S/C21H20ClFN4OS/c1-13(15-6-2-4-8-17(15)22)24-19(28)12-29-21-26-25-20(27(21)14-10-11-14)16-7-3-5-9-18(16)23/h2-9,13-14H,10-12H2,1H3,(H,24,28). The molecule has 1 atom stereocenters. The van der Waals surface area contributed by atoms with E-state index in [1.165, 1.54) is 17.8 Å². The lowest BCUT2D eigenvalue weighted by molar-refractivity contribution is -0.119. The molecular weight excluding hydrogens is 411 g/mol. The van der Waals surface area contributed by atoms with Gasteiger partial charge < -0.3 is 5.32 Å². The molecule has 2 aromatic carbocycles. The van der Waals surface area contributed by atoms with Crippen LogP contribution in [0.15, 0.2) is 53.7 Å². The first-order valence-electron chi connectivity index (χ1n) is 9.41. The molecule has 5 nitrogen and oxygen atoms in total. The van der Waals surface area contributed by atoms with Gasteiger partial charge in [-0.15, -0.1) is 10.2 Å². The molecule has 1 aliphatic rings. The summed E-state index contributed by atoms with van der Waals surface area (Å²) >= 11 is 7.51. The molecule has 1 unspecified atom stereocenters. The third-order valence-corrected chi connectivity index (χ3v) is 6.06. The van der Waals surface area contributed by atoms with Crippen LogP contribution < -0.4 is 5.32 Å². The number of carbonyl (C=O) groups is 1. The Balaban J connectivity index is 1.46. The van der Waals surface area contributed by atoms with Crippen molar-refractivity contribution in [2.45, 2.75) is 37.0 Å². The van der Waals surface area contributed by atoms with Gasteiger partial charge in [-0.3, -0.25) is 9.36 Å². The number of thioether (sulfide) groups is 1. The molecule has 29 heavy (non-hydrogen) atoms. The molecule has 8 heteroatoms. The Hall–Kier alpha value is -2.38. The van der Waals surface area contributed by atoms with E-state index in [1.54, 1.807) is 24.3 Å². The van der Waals surface area contributed by atoms with E-state index in [2.05, 4.69) is 15.5 Å². The quantitative estimate of drug-likeness (QED) is 0.533. The maximum absolute atomic E-state index is 14.2. The molecule has 1 N–H and O–H groups in total. The number of hydrogen-bond acceptors (Lipinski definition) is 4. The Morgan fingerprint density at radius 2 is 1.97 bits per heavy atom. The van der Waals surface area contributed by atoms with Gasteiger partial charge in [-0.25, -0.2) is 4.39 Å². The minimum absolute atomic E-state index is 0.125. The van der Waals surface area contributed by atoms with Crippen molar-refractivity contribution in [3.05, 3.63) is 64.9 Å². The summed E-state index contributed by atoms with van der Waals surface area (Å²) in [5, 5.41) is 12.6. The number of hydrogen-bond donors (Lipinski definition) is 1. The Morgan fingerprint density at radius 3 is 2.69 bits per heavy atom. The summed E-state index contributed by atoms with van der Waals surface area (Å²) in [6, 6.07) is 14.0. The molecule has 3 aromatic rings. The molecule has 0 aliphatic heterocycles. The van der Waals surface area contributed by atoms with Crippen LogP contribution >= 0.6 is 23.4 Å². The molecular formula is C21H20ClFN4OS. The van der Waals surface area contributed by atoms with Gasteiger partial charge in [0.15, 0.2) is 11.0 Å². The van der Waals surface area contributed by atoms with Crippen LogP contribution in [0.5, 0.6) is 0 Å². The molecule has 1 aliphatic carbocycles. The maximum atomic E-state index is 14.2. The van der Waals surface area contributed by atoms with Crippen molar-refractivity contribution in [2.24, 2.45) is 0 Å². The topological polar surface area (TPSA) is 59.8 Å². The van der Waals surface area contributed by atoms with E-state index in [0.717, 1.165) is 18.4 Å². The van der Waals surface area contributed by atoms with Crippen molar-refractivity contribution < 1.29 is 9.18 Å². The van der Waals surface area contributed by atoms with E-state index in [1.807, 2.05) is 29.7 Å². The van der Waals surface area contributed by atoms with Crippen molar-refractivity contribution in [1.29, 1.82) is 0 Å². The van der Waals surface area contributed by atoms with Gasteiger partial charge in [0.2, 0.25) is 5.91 Å². The lowest BCUT2D eigenvalue weighted by atomic mass is 10.1. The van der Waals surface area contributed by atoms with E-state index in [0.29, 0.717) is 21.6 Å². The number of benzene rings is 2. The molecule has 1 saturated carbocycles. The predicted molar refractivity (Wildman–Crippen MR) is 112 cm³/mol. The molecule has 1 heterocycles. The van der Waals surface area contributed by atoms with Gasteiger partial charge in [0, 0.05) is 11.1 Å². The van der Waals surface area contributed by atoms with E-state index >= 15 is 0 Å². The summed E-state index contributed by atoms with van der Waals surface area (Å²) in [6.07, 6.45) is 2.01. The van der Waals surface area contributed by atoms with Crippen LogP contribution in [-0.2, 0) is 4.79 Å². The number of nitrogens with one attached hydrogen (secondary N) is 1. The Labute approximate surface area is 177 Å². The zero-order valence-corrected chi connectivity index (χ0v) is 17.4. The molecule has 1 fully saturated rings. The summed E-state index contributed by atoms with van der Waals surface area (Å²) < 4.78 is 16.2. The monoisotopic (exact) mass is 430 g/mol. The number of nitrogens with zero attached hydrogens (tertiary/aromatic N) is 3. The second kappa shape index (κ2) is 8.55. The SMILES string of the molecule is CC(NC(=O)CSc1nnc(-c2ccccc2F)n1C1CC1)c1ccccc1Cl. The van der Waals surface area contributed by atoms with E-state index < -0.39 is 0 Å². The first kappa shape index (κ1) is 19.9. The number of rotatable bonds is 7. The highest BCUT2D eigenvalue weighted by Gasteiger charge is 2.31. The fraction of sp³-hybridized carbons (Fsp3) is 0.286. The Kier molecular flexibility index (Phi) is 5.87. The first-order valence-corrected chi connectivity index (χ1v) is 10.8. The predicted octanol–water partition coefficient (Wildman–Crippen LogP) is 5.04. The molecule has 0 spiro atoms. The van der Waals surface area contributed by atoms with Gasteiger partial charge in [0.25, 0.3) is 0 Å². The molecule has 4 rings (SSSR count). The zero-order valence-electron chi connectivity index (χ0n) is 15.8. The van der Waals surface area contributed by atoms with Crippen LogP contribution in [0.2, 0.25) is 5.02 Å². The van der Waals surface area contributed by atoms with Crippen molar-refractivity contribution in [3.8, 4) is 11.4 Å². The largest absolute Gasteiger partial charge is 0.349 e. The van der Waals surface area contributed by atoms with Gasteiger partial charge in [-0.2, -0.15) is 0 Å². The summed E-state index contributed by atoms with van der Waals surface area (Å²) in [7, 11) is 0. The number of amides is 1. The minimum atomic E-state index is -0.329. The van der Waals surface area contributed by atoms with Crippen molar-refractivity contribution >= 4 is 29.3 Å². The van der Waals surface area contributed by atoms with Crippen LogP contribution in [0.1, 0.15) is 37.4 Å². The summed E-state index contributed by atoms with van der Waals surface area (Å²) in [6.45, 7) is 1.90. The van der Waals surface area contributed by atoms with Crippen molar-refractivity contribution in [2.75, 3.05) is 5.75 Å². The summed E-state index contributed by atoms with van der Waals surface area (Å²) in [5.41, 5.74) is 1.30. The Morgan fingerprint density at radius 1 is 1.24 bits per heavy atom. The van der Waals surface area contributed by atoms with Crippen LogP contribution in [0.3, 0.4) is 0 Å². The van der Waals surface area contributed by atoms with Crippen LogP contribution in [0.4, 0.5) is 4.39 Å². The van der Waals surface area contributed by atoms with Gasteiger partial charge >= 0.3 is 0 Å². The normalized spacial score (nSPS) is 14.6. The lowest BCUT2D eigenvalue weighted by Crippen LogP contribution is -2.28. The van der Waals surface area contributed by atoms with Gasteiger partial charge in [-0.1, -0.05) is 53.7 Å². The third kappa shape index (κ3) is 4.46. The van der Waals surface area contributed by atoms with Gasteiger partial charge in [0.1, 0.15) is 5.82 Å². The van der Waals surface area contributed by atoms with E-state index in [4.69, 9.17) is 11.6 Å². The Bertz CT molecular complexity index is 1040. The second-order valence-electron chi connectivity index (χ2n) is 6.99. The van der Waals surface area contributed by atoms with Crippen LogP contribution in [0, 0.1) is 5.82 Å². The number of aromatic nitrogens is 3. The summed E-state index contributed by atoms with van der Waals surface area (Å²) in [5.74, 6) is 0.250. The van der Waals surface area contributed by atoms with E-state index in [9.17, 15) is 9.18 Å². The fourth-order valence-corrected chi connectivity index (χ4v) is 4.30. The van der Waals surface area contributed by atoms with Crippen LogP contribution in [0.25, 0.3) is 11.4 Å². The number of halogens is 2. The number of carbonyl (C=O) groups excluding carboxylic acids is 1. The fourth-order valence-electron chi connectivity index (χ4n) is 3.18. The minimum Gasteiger partial charge on any atom is -0.349 e. The van der Waals surface area contributed by atoms with Crippen molar-refractivity contribution in [1.82, 2.24) is 20.1 Å². The lowest BCUT2D eigenvalue weighted by Gasteiger charge is -2.15. The molecule has 0 saturated heterocycles. The first-order chi connectivity index (χ1) is 14.0. The van der Waals surface area contributed by atoms with E-state index in [-0.39, 0.29) is 29.6 Å². The average molecular weight is 431 g/mol. The molecule has 1 aromatic heterocycles. The third-order valence-electron chi connectivity index (χ3n) is 4.77. The second-order valence-corrected chi connectivity index (χ2v) is 8.34. The molecule has 0 bridgehead atoms. The van der Waals surface area contributed by atoms with Gasteiger partial charge in [-0.05, 0) is 43.5 Å². The highest BCUT2D eigenvalue weighted by atomic mass is 35.5. The molecule has 150 valence electrons. The zero-order chi connectivity index (χ0) is 20.4. The van der Waals surface area contributed by atoms with Crippen LogP contribution in [-0.4, -0.2) is 26.4 Å². The highest BCUT2D eigenvalue weighted by molar-refractivity contribution is 7.99. The molecule has 1 amide bonds. The van der Waals surface area contributed by atoms with Gasteiger partial charge in [0.05, 0.1) is 17.4 Å². The maximum Gasteiger partial charge on any atom is 0.230 e. The summed E-state index contributed by atoms with van der Waals surface area (Å²) in [4.78, 5) is 12.4. The highest BCUT2D eigenvalue weighted by Crippen LogP contribution is 2.41. The molecule has 0 radical (unpaired) electrons. The van der Waals surface area contributed by atoms with Crippen molar-refractivity contribution in [3.63, 3.8) is 0 Å².